The third-order valence-electron chi connectivity index (χ3n) is 6.62. The van der Waals surface area contributed by atoms with Gasteiger partial charge in [-0.2, -0.15) is 0 Å². The van der Waals surface area contributed by atoms with Gasteiger partial charge in [0.1, 0.15) is 19.3 Å². The van der Waals surface area contributed by atoms with Crippen molar-refractivity contribution < 1.29 is 68.5 Å². The number of aliphatic hydroxyl groups excluding tert-OH is 2. The van der Waals surface area contributed by atoms with Crippen LogP contribution >= 0.6 is 0 Å². The van der Waals surface area contributed by atoms with Crippen molar-refractivity contribution in [1.82, 2.24) is 0 Å². The first-order valence-corrected chi connectivity index (χ1v) is 13.5. The summed E-state index contributed by atoms with van der Waals surface area (Å²) in [6, 6.07) is 9.92. The molecule has 0 aliphatic heterocycles. The molecule has 238 valence electrons. The Labute approximate surface area is 251 Å². The Morgan fingerprint density at radius 2 is 1.30 bits per heavy atom. The SMILES string of the molecule is O=C(O)CCCCC(=O)OCC(CO)(CO)CCC(COC(=O)c1ccc(C(=O)O)cc1)OC(=O)c1cccc(C(=O)O)c1. The van der Waals surface area contributed by atoms with E-state index < -0.39 is 73.8 Å². The standard InChI is InChI=1S/C30H34O14/c31-16-30(17-32,18-43-25(35)7-2-1-6-24(33)34)13-12-23(44-29(41)22-5-3-4-21(14-22)27(38)39)15-42-28(40)20-10-8-19(9-11-20)26(36)37/h3-5,8-11,14,23,31-32H,1-2,6-7,12-13,15-18H2,(H,33,34)(H,36,37)(H,38,39). The minimum atomic E-state index is -1.37. The summed E-state index contributed by atoms with van der Waals surface area (Å²) in [6.45, 7) is -2.17. The summed E-state index contributed by atoms with van der Waals surface area (Å²) in [5, 5.41) is 47.0. The fraction of sp³-hybridized carbons (Fsp3) is 0.400. The van der Waals surface area contributed by atoms with E-state index in [1.165, 1.54) is 42.5 Å². The molecule has 14 nitrogen and oxygen atoms in total. The van der Waals surface area contributed by atoms with E-state index >= 15 is 0 Å². The highest BCUT2D eigenvalue weighted by Crippen LogP contribution is 2.26. The van der Waals surface area contributed by atoms with Crippen molar-refractivity contribution in [1.29, 1.82) is 0 Å². The van der Waals surface area contributed by atoms with Crippen LogP contribution < -0.4 is 0 Å². The van der Waals surface area contributed by atoms with Crippen LogP contribution in [0.4, 0.5) is 0 Å². The first-order chi connectivity index (χ1) is 20.9. The van der Waals surface area contributed by atoms with Gasteiger partial charge in [-0.15, -0.1) is 0 Å². The Bertz CT molecular complexity index is 1310. The first-order valence-electron chi connectivity index (χ1n) is 13.5. The quantitative estimate of drug-likeness (QED) is 0.0865. The molecule has 0 aliphatic rings. The molecule has 0 saturated heterocycles. The van der Waals surface area contributed by atoms with E-state index in [1.807, 2.05) is 0 Å². The van der Waals surface area contributed by atoms with Gasteiger partial charge in [-0.3, -0.25) is 9.59 Å². The number of benzene rings is 2. The average Bonchev–Trinajstić information content (AvgIpc) is 3.01. The van der Waals surface area contributed by atoms with Crippen LogP contribution in [0.3, 0.4) is 0 Å². The number of aromatic carboxylic acids is 2. The Balaban J connectivity index is 2.13. The second-order valence-corrected chi connectivity index (χ2v) is 10.0. The highest BCUT2D eigenvalue weighted by atomic mass is 16.6. The van der Waals surface area contributed by atoms with Gasteiger partial charge in [0.2, 0.25) is 0 Å². The number of carbonyl (C=O) groups is 6. The molecular weight excluding hydrogens is 584 g/mol. The fourth-order valence-corrected chi connectivity index (χ4v) is 3.87. The number of unbranched alkanes of at least 4 members (excludes halogenated alkanes) is 1. The predicted octanol–water partition coefficient (Wildman–Crippen LogP) is 2.40. The summed E-state index contributed by atoms with van der Waals surface area (Å²) in [5.41, 5.74) is -1.68. The van der Waals surface area contributed by atoms with Gasteiger partial charge in [-0.05, 0) is 68.1 Å². The molecule has 44 heavy (non-hydrogen) atoms. The van der Waals surface area contributed by atoms with E-state index in [1.54, 1.807) is 0 Å². The summed E-state index contributed by atoms with van der Waals surface area (Å²) in [6.07, 6.45) is -0.996. The van der Waals surface area contributed by atoms with Crippen molar-refractivity contribution in [3.05, 3.63) is 70.8 Å². The summed E-state index contributed by atoms with van der Waals surface area (Å²) >= 11 is 0. The Kier molecular flexibility index (Phi) is 13.9. The average molecular weight is 619 g/mol. The molecule has 14 heteroatoms. The molecule has 0 amide bonds. The molecule has 0 spiro atoms. The van der Waals surface area contributed by atoms with Crippen LogP contribution in [0.2, 0.25) is 0 Å². The molecule has 1 atom stereocenters. The van der Waals surface area contributed by atoms with Gasteiger partial charge in [0.15, 0.2) is 0 Å². The smallest absolute Gasteiger partial charge is 0.338 e. The Morgan fingerprint density at radius 3 is 1.89 bits per heavy atom. The second kappa shape index (κ2) is 17.3. The number of carboxylic acids is 3. The van der Waals surface area contributed by atoms with Gasteiger partial charge in [0.25, 0.3) is 0 Å². The van der Waals surface area contributed by atoms with Crippen molar-refractivity contribution in [3.8, 4) is 0 Å². The zero-order valence-corrected chi connectivity index (χ0v) is 23.7. The van der Waals surface area contributed by atoms with E-state index in [4.69, 9.17) is 24.4 Å². The maximum Gasteiger partial charge on any atom is 0.338 e. The first kappa shape index (κ1) is 35.4. The molecule has 0 bridgehead atoms. The van der Waals surface area contributed by atoms with Gasteiger partial charge in [0, 0.05) is 12.8 Å². The third kappa shape index (κ3) is 11.5. The van der Waals surface area contributed by atoms with Crippen molar-refractivity contribution in [2.45, 2.75) is 44.6 Å². The highest BCUT2D eigenvalue weighted by molar-refractivity contribution is 5.95. The van der Waals surface area contributed by atoms with Crippen LogP contribution in [-0.4, -0.2) is 93.9 Å². The van der Waals surface area contributed by atoms with E-state index in [2.05, 4.69) is 0 Å². The van der Waals surface area contributed by atoms with E-state index in [-0.39, 0.29) is 60.8 Å². The lowest BCUT2D eigenvalue weighted by molar-refractivity contribution is -0.150. The van der Waals surface area contributed by atoms with Crippen molar-refractivity contribution in [3.63, 3.8) is 0 Å². The number of rotatable bonds is 19. The molecule has 2 aromatic rings. The zero-order chi connectivity index (χ0) is 32.7. The lowest BCUT2D eigenvalue weighted by atomic mass is 9.84. The van der Waals surface area contributed by atoms with Crippen LogP contribution in [0.5, 0.6) is 0 Å². The molecule has 0 aromatic heterocycles. The molecule has 0 radical (unpaired) electrons. The van der Waals surface area contributed by atoms with Crippen LogP contribution in [0.15, 0.2) is 48.5 Å². The lowest BCUT2D eigenvalue weighted by Crippen LogP contribution is -2.38. The summed E-state index contributed by atoms with van der Waals surface area (Å²) in [4.78, 5) is 70.6. The van der Waals surface area contributed by atoms with Crippen LogP contribution in [0.25, 0.3) is 0 Å². The summed E-state index contributed by atoms with van der Waals surface area (Å²) in [7, 11) is 0. The number of ether oxygens (including phenoxy) is 3. The molecular formula is C30H34O14. The number of aliphatic carboxylic acids is 1. The maximum atomic E-state index is 12.9. The monoisotopic (exact) mass is 618 g/mol. The van der Waals surface area contributed by atoms with Gasteiger partial charge >= 0.3 is 35.8 Å². The number of hydrogen-bond donors (Lipinski definition) is 5. The van der Waals surface area contributed by atoms with E-state index in [0.717, 1.165) is 6.07 Å². The predicted molar refractivity (Wildman–Crippen MR) is 149 cm³/mol. The Hall–Kier alpha value is -4.82. The van der Waals surface area contributed by atoms with Crippen molar-refractivity contribution in [2.24, 2.45) is 5.41 Å². The van der Waals surface area contributed by atoms with E-state index in [0.29, 0.717) is 0 Å². The Morgan fingerprint density at radius 1 is 0.705 bits per heavy atom. The van der Waals surface area contributed by atoms with Crippen LogP contribution in [-0.2, 0) is 23.8 Å². The normalized spacial score (nSPS) is 11.7. The van der Waals surface area contributed by atoms with Crippen molar-refractivity contribution in [2.75, 3.05) is 26.4 Å². The zero-order valence-electron chi connectivity index (χ0n) is 23.7. The minimum absolute atomic E-state index is 0.0181. The maximum absolute atomic E-state index is 12.9. The number of carboxylic acid groups (broad SMARTS) is 3. The van der Waals surface area contributed by atoms with Gasteiger partial charge in [-0.1, -0.05) is 6.07 Å². The molecule has 2 aromatic carbocycles. The molecule has 0 heterocycles. The van der Waals surface area contributed by atoms with Gasteiger partial charge < -0.3 is 39.7 Å². The number of aliphatic hydroxyl groups is 2. The van der Waals surface area contributed by atoms with Gasteiger partial charge in [-0.25, -0.2) is 19.2 Å². The number of esters is 3. The van der Waals surface area contributed by atoms with Crippen LogP contribution in [0, 0.1) is 5.41 Å². The molecule has 0 saturated carbocycles. The summed E-state index contributed by atoms with van der Waals surface area (Å²) in [5.74, 6) is -5.92. The molecule has 1 unspecified atom stereocenters. The second-order valence-electron chi connectivity index (χ2n) is 10.0. The molecule has 5 N–H and O–H groups in total. The molecule has 0 aliphatic carbocycles. The summed E-state index contributed by atoms with van der Waals surface area (Å²) < 4.78 is 16.0. The van der Waals surface area contributed by atoms with Gasteiger partial charge in [0.05, 0.1) is 40.9 Å². The fourth-order valence-electron chi connectivity index (χ4n) is 3.87. The third-order valence-corrected chi connectivity index (χ3v) is 6.62. The topological polar surface area (TPSA) is 231 Å². The molecule has 2 rings (SSSR count). The lowest BCUT2D eigenvalue weighted by Gasteiger charge is -2.30. The largest absolute Gasteiger partial charge is 0.481 e. The van der Waals surface area contributed by atoms with Crippen molar-refractivity contribution >= 4 is 35.8 Å². The minimum Gasteiger partial charge on any atom is -0.481 e. The van der Waals surface area contributed by atoms with Crippen LogP contribution in [0.1, 0.15) is 80.0 Å². The van der Waals surface area contributed by atoms with E-state index in [9.17, 15) is 44.1 Å². The highest BCUT2D eigenvalue weighted by Gasteiger charge is 2.33. The molecule has 0 fully saturated rings. The number of hydrogen-bond acceptors (Lipinski definition) is 11. The number of carbonyl (C=O) groups excluding carboxylic acids is 3.